The molecule has 18 rings (SSSR count). The van der Waals surface area contributed by atoms with E-state index in [1.807, 2.05) is 182 Å². The van der Waals surface area contributed by atoms with Crippen molar-refractivity contribution < 1.29 is 8.83 Å². The van der Waals surface area contributed by atoms with Crippen LogP contribution in [0.1, 0.15) is 0 Å². The monoisotopic (exact) mass is 1280 g/mol. The summed E-state index contributed by atoms with van der Waals surface area (Å²) < 4.78 is 12.2. The molecule has 100 heavy (non-hydrogen) atoms. The molecule has 0 radical (unpaired) electrons. The second kappa shape index (κ2) is 26.1. The third-order valence-corrected chi connectivity index (χ3v) is 18.1. The number of para-hydroxylation sites is 2. The number of benzene rings is 14. The van der Waals surface area contributed by atoms with Crippen molar-refractivity contribution >= 4 is 54.6 Å². The van der Waals surface area contributed by atoms with Gasteiger partial charge in [-0.1, -0.05) is 285 Å². The van der Waals surface area contributed by atoms with E-state index in [9.17, 15) is 9.59 Å². The fraction of sp³-hybridized carbons (Fsp3) is 0. The molecule has 0 aliphatic carbocycles. The normalized spacial score (nSPS) is 11.3. The van der Waals surface area contributed by atoms with Crippen LogP contribution in [0.25, 0.3) is 179 Å². The van der Waals surface area contributed by atoms with E-state index in [1.54, 1.807) is 12.1 Å². The first-order chi connectivity index (χ1) is 49.3. The van der Waals surface area contributed by atoms with Gasteiger partial charge in [0, 0.05) is 33.4 Å². The maximum atomic E-state index is 13.0. The van der Waals surface area contributed by atoms with Crippen LogP contribution in [-0.2, 0) is 0 Å². The SMILES string of the molecule is O=c1c2ccccc2oc2cc(-c3ccc(-c4ccc(-c5nc(-c6ccccc6)nc(-c6cccc7ccccc67)n5)cc4)cc3)ccc12.O=c1c2ccccc2oc2cc(-c3ccc(-c4cccc(-c5nc(-c6ccccc6)nc(-c6ccc(-c7ccccc7)cc6)n5)c4)cc3)ccc12. The second-order valence-corrected chi connectivity index (χ2v) is 24.4. The zero-order valence-electron chi connectivity index (χ0n) is 53.6. The van der Waals surface area contributed by atoms with E-state index in [0.717, 1.165) is 99.8 Å². The average Bonchev–Trinajstić information content (AvgIpc) is 0.795. The van der Waals surface area contributed by atoms with E-state index in [-0.39, 0.29) is 10.9 Å². The van der Waals surface area contributed by atoms with Crippen LogP contribution in [0.15, 0.2) is 358 Å². The molecule has 14 aromatic carbocycles. The molecule has 4 heterocycles. The lowest BCUT2D eigenvalue weighted by atomic mass is 9.98. The fourth-order valence-corrected chi connectivity index (χ4v) is 12.9. The molecule has 10 nitrogen and oxygen atoms in total. The fourth-order valence-electron chi connectivity index (χ4n) is 12.9. The lowest BCUT2D eigenvalue weighted by Crippen LogP contribution is -2.01. The Labute approximate surface area is 574 Å². The van der Waals surface area contributed by atoms with Gasteiger partial charge in [-0.2, -0.15) is 0 Å². The Morgan fingerprint density at radius 1 is 0.180 bits per heavy atom. The van der Waals surface area contributed by atoms with Crippen molar-refractivity contribution in [3.05, 3.63) is 360 Å². The minimum Gasteiger partial charge on any atom is -0.456 e. The number of hydrogen-bond donors (Lipinski definition) is 0. The maximum Gasteiger partial charge on any atom is 0.200 e. The molecular weight excluding hydrogens is 1230 g/mol. The van der Waals surface area contributed by atoms with Gasteiger partial charge in [-0.25, -0.2) is 29.9 Å². The van der Waals surface area contributed by atoms with Crippen LogP contribution in [0.2, 0.25) is 0 Å². The topological polar surface area (TPSA) is 138 Å². The molecule has 0 saturated carbocycles. The minimum absolute atomic E-state index is 0.0135. The van der Waals surface area contributed by atoms with Gasteiger partial charge in [0.05, 0.1) is 21.5 Å². The molecule has 470 valence electrons. The van der Waals surface area contributed by atoms with E-state index in [4.69, 9.17) is 38.7 Å². The van der Waals surface area contributed by atoms with E-state index in [2.05, 4.69) is 146 Å². The second-order valence-electron chi connectivity index (χ2n) is 24.4. The highest BCUT2D eigenvalue weighted by Crippen LogP contribution is 2.36. The van der Waals surface area contributed by atoms with Crippen LogP contribution in [0, 0.1) is 0 Å². The lowest BCUT2D eigenvalue weighted by molar-refractivity contribution is 0.659. The van der Waals surface area contributed by atoms with Gasteiger partial charge in [-0.15, -0.1) is 0 Å². The van der Waals surface area contributed by atoms with Gasteiger partial charge in [0.1, 0.15) is 22.3 Å². The zero-order chi connectivity index (χ0) is 66.9. The van der Waals surface area contributed by atoms with E-state index < -0.39 is 0 Å². The summed E-state index contributed by atoms with van der Waals surface area (Å²) in [5, 5.41) is 4.58. The molecule has 0 aliphatic heterocycles. The Morgan fingerprint density at radius 2 is 0.450 bits per heavy atom. The molecular formula is C90H56N6O4. The Hall–Kier alpha value is -13.7. The van der Waals surface area contributed by atoms with Crippen molar-refractivity contribution in [2.24, 2.45) is 0 Å². The first-order valence-corrected chi connectivity index (χ1v) is 32.9. The van der Waals surface area contributed by atoms with Crippen LogP contribution in [0.5, 0.6) is 0 Å². The van der Waals surface area contributed by atoms with Crippen LogP contribution >= 0.6 is 0 Å². The molecule has 0 atom stereocenters. The summed E-state index contributed by atoms with van der Waals surface area (Å²) in [6, 6.07) is 113. The van der Waals surface area contributed by atoms with Gasteiger partial charge in [0.2, 0.25) is 10.9 Å². The number of rotatable bonds is 11. The average molecular weight is 1290 g/mol. The Balaban J connectivity index is 0.000000150. The quantitative estimate of drug-likeness (QED) is 0.115. The predicted molar refractivity (Wildman–Crippen MR) is 404 cm³/mol. The van der Waals surface area contributed by atoms with Gasteiger partial charge < -0.3 is 8.83 Å². The Kier molecular flexibility index (Phi) is 15.7. The Bertz CT molecular complexity index is 6220. The number of fused-ring (bicyclic) bond motifs is 5. The standard InChI is InChI=1S/C46H29N3O2.C44H27N3O2/c50-43-39-16-7-8-17-41(39)51-42-29-37(26-27-40(42)43)33-20-18-32(19-21-33)36-14-9-15-38(28-36)46-48-44(34-12-5-2-6-13-34)47-45(49-46)35-24-22-31(23-25-35)30-10-3-1-4-11-30;48-41-37-14-6-7-16-39(37)49-40-27-34(25-26-38(40)41)30-19-17-28(18-20-30)29-21-23-33(24-22-29)43-45-42(32-10-2-1-3-11-32)46-44(47-43)36-15-8-12-31-9-4-5-13-35(31)36/h1-29H;1-27H. The highest BCUT2D eigenvalue weighted by Gasteiger charge is 2.18. The predicted octanol–water partition coefficient (Wildman–Crippen LogP) is 21.8. The summed E-state index contributed by atoms with van der Waals surface area (Å²) in [5.41, 5.74) is 18.5. The molecule has 0 aliphatic rings. The van der Waals surface area contributed by atoms with Crippen LogP contribution in [0.4, 0.5) is 0 Å². The molecule has 4 aromatic heterocycles. The summed E-state index contributed by atoms with van der Waals surface area (Å²) in [4.78, 5) is 55.7. The molecule has 0 spiro atoms. The molecule has 10 heteroatoms. The number of aromatic nitrogens is 6. The summed E-state index contributed by atoms with van der Waals surface area (Å²) in [6.45, 7) is 0. The van der Waals surface area contributed by atoms with Crippen molar-refractivity contribution in [2.45, 2.75) is 0 Å². The molecule has 0 N–H and O–H groups in total. The molecule has 0 amide bonds. The Morgan fingerprint density at radius 3 is 0.900 bits per heavy atom. The van der Waals surface area contributed by atoms with Crippen LogP contribution in [0.3, 0.4) is 0 Å². The van der Waals surface area contributed by atoms with Gasteiger partial charge >= 0.3 is 0 Å². The van der Waals surface area contributed by atoms with Gasteiger partial charge in [-0.05, 0) is 121 Å². The van der Waals surface area contributed by atoms with Crippen molar-refractivity contribution in [3.8, 4) is 124 Å². The third kappa shape index (κ3) is 11.9. The molecule has 0 unspecified atom stereocenters. The van der Waals surface area contributed by atoms with Crippen molar-refractivity contribution in [1.82, 2.24) is 29.9 Å². The smallest absolute Gasteiger partial charge is 0.200 e. The minimum atomic E-state index is -0.0178. The van der Waals surface area contributed by atoms with Crippen molar-refractivity contribution in [2.75, 3.05) is 0 Å². The van der Waals surface area contributed by atoms with Crippen molar-refractivity contribution in [1.29, 1.82) is 0 Å². The third-order valence-electron chi connectivity index (χ3n) is 18.1. The summed E-state index contributed by atoms with van der Waals surface area (Å²) in [6.07, 6.45) is 0. The van der Waals surface area contributed by atoms with Gasteiger partial charge in [0.15, 0.2) is 34.9 Å². The maximum absolute atomic E-state index is 13.0. The molecule has 18 aromatic rings. The summed E-state index contributed by atoms with van der Waals surface area (Å²) in [5.74, 6) is 3.74. The van der Waals surface area contributed by atoms with E-state index in [1.165, 1.54) is 0 Å². The van der Waals surface area contributed by atoms with Gasteiger partial charge in [0.25, 0.3) is 0 Å². The van der Waals surface area contributed by atoms with Gasteiger partial charge in [-0.3, -0.25) is 9.59 Å². The highest BCUT2D eigenvalue weighted by molar-refractivity contribution is 5.96. The number of nitrogens with zero attached hydrogens (tertiary/aromatic N) is 6. The first-order valence-electron chi connectivity index (χ1n) is 32.9. The van der Waals surface area contributed by atoms with Crippen LogP contribution in [-0.4, -0.2) is 29.9 Å². The highest BCUT2D eigenvalue weighted by atomic mass is 16.3. The lowest BCUT2D eigenvalue weighted by Gasteiger charge is -2.11. The summed E-state index contributed by atoms with van der Waals surface area (Å²) >= 11 is 0. The number of hydrogen-bond acceptors (Lipinski definition) is 10. The van der Waals surface area contributed by atoms with E-state index in [0.29, 0.717) is 78.8 Å². The zero-order valence-corrected chi connectivity index (χ0v) is 53.6. The molecule has 0 saturated heterocycles. The first kappa shape index (κ1) is 60.0. The molecule has 0 bridgehead atoms. The largest absolute Gasteiger partial charge is 0.456 e. The van der Waals surface area contributed by atoms with Crippen molar-refractivity contribution in [3.63, 3.8) is 0 Å². The molecule has 0 fully saturated rings. The summed E-state index contributed by atoms with van der Waals surface area (Å²) in [7, 11) is 0. The van der Waals surface area contributed by atoms with E-state index >= 15 is 0 Å². The van der Waals surface area contributed by atoms with Crippen LogP contribution < -0.4 is 10.9 Å².